The van der Waals surface area contributed by atoms with Gasteiger partial charge in [0.05, 0.1) is 18.4 Å². The van der Waals surface area contributed by atoms with Crippen LogP contribution in [0.5, 0.6) is 11.5 Å². The zero-order valence-electron chi connectivity index (χ0n) is 20.3. The smallest absolute Gasteiger partial charge is 0.262 e. The van der Waals surface area contributed by atoms with Gasteiger partial charge in [-0.15, -0.1) is 0 Å². The normalized spacial score (nSPS) is 19.0. The number of halogens is 1. The summed E-state index contributed by atoms with van der Waals surface area (Å²) in [5, 5.41) is 6.81. The Kier molecular flexibility index (Phi) is 7.43. The Morgan fingerprint density at radius 3 is 2.69 bits per heavy atom. The molecule has 0 N–H and O–H groups in total. The number of carbonyl (C=O) groups is 2. The molecule has 0 saturated heterocycles. The maximum Gasteiger partial charge on any atom is 0.262 e. The van der Waals surface area contributed by atoms with Crippen molar-refractivity contribution in [2.24, 2.45) is 11.0 Å². The van der Waals surface area contributed by atoms with E-state index in [1.807, 2.05) is 42.5 Å². The highest BCUT2D eigenvalue weighted by atomic mass is 35.5. The first-order valence-corrected chi connectivity index (χ1v) is 12.7. The summed E-state index contributed by atoms with van der Waals surface area (Å²) in [6, 6.07) is 12.8. The minimum Gasteiger partial charge on any atom is -0.454 e. The quantitative estimate of drug-likeness (QED) is 0.524. The first kappa shape index (κ1) is 24.6. The van der Waals surface area contributed by atoms with E-state index >= 15 is 0 Å². The van der Waals surface area contributed by atoms with Crippen LogP contribution in [0.3, 0.4) is 0 Å². The van der Waals surface area contributed by atoms with Gasteiger partial charge in [-0.3, -0.25) is 9.59 Å². The predicted molar refractivity (Wildman–Crippen MR) is 135 cm³/mol. The lowest BCUT2D eigenvalue weighted by Crippen LogP contribution is -2.44. The fraction of sp³-hybridized carbons (Fsp3) is 0.444. The average Bonchev–Trinajstić information content (AvgIpc) is 3.66. The maximum absolute atomic E-state index is 13.7. The van der Waals surface area contributed by atoms with Gasteiger partial charge in [-0.1, -0.05) is 48.7 Å². The van der Waals surface area contributed by atoms with Crippen LogP contribution in [-0.4, -0.2) is 61.0 Å². The van der Waals surface area contributed by atoms with E-state index in [9.17, 15) is 9.59 Å². The Bertz CT molecular complexity index is 1160. The molecule has 2 aromatic rings. The Morgan fingerprint density at radius 2 is 1.92 bits per heavy atom. The molecule has 1 aliphatic carbocycles. The van der Waals surface area contributed by atoms with Crippen molar-refractivity contribution in [1.29, 1.82) is 0 Å². The minimum absolute atomic E-state index is 0.0204. The van der Waals surface area contributed by atoms with Crippen LogP contribution < -0.4 is 9.47 Å². The molecule has 1 atom stereocenters. The summed E-state index contributed by atoms with van der Waals surface area (Å²) in [4.78, 5) is 28.6. The first-order valence-electron chi connectivity index (χ1n) is 12.4. The van der Waals surface area contributed by atoms with Crippen molar-refractivity contribution in [3.63, 3.8) is 0 Å². The number of carbonyl (C=O) groups excluding carboxylic acids is 2. The molecule has 0 bridgehead atoms. The van der Waals surface area contributed by atoms with Crippen molar-refractivity contribution in [3.8, 4) is 11.5 Å². The highest BCUT2D eigenvalue weighted by Gasteiger charge is 2.36. The largest absolute Gasteiger partial charge is 0.454 e. The standard InChI is InChI=1S/C27H30ClN3O5/c1-34-13-12-30(27(33)18-6-2-3-7-18)16-26(32)31-23(19-10-11-24-25(14-19)36-17-35-24)15-22(29-31)20-8-4-5-9-21(20)28/h4-5,8-11,14,18,23H,2-3,6-7,12-13,15-17H2,1H3. The lowest BCUT2D eigenvalue weighted by Gasteiger charge is -2.28. The molecule has 1 unspecified atom stereocenters. The molecular weight excluding hydrogens is 482 g/mol. The highest BCUT2D eigenvalue weighted by molar-refractivity contribution is 6.34. The van der Waals surface area contributed by atoms with Crippen LogP contribution in [-0.2, 0) is 14.3 Å². The zero-order valence-corrected chi connectivity index (χ0v) is 21.1. The van der Waals surface area contributed by atoms with Crippen LogP contribution in [0.15, 0.2) is 47.6 Å². The lowest BCUT2D eigenvalue weighted by atomic mass is 9.98. The van der Waals surface area contributed by atoms with Gasteiger partial charge in [0.1, 0.15) is 6.54 Å². The van der Waals surface area contributed by atoms with Gasteiger partial charge >= 0.3 is 0 Å². The molecule has 2 aromatic carbocycles. The molecule has 1 saturated carbocycles. The van der Waals surface area contributed by atoms with E-state index in [0.717, 1.165) is 42.5 Å². The lowest BCUT2D eigenvalue weighted by molar-refractivity contribution is -0.144. The van der Waals surface area contributed by atoms with E-state index in [2.05, 4.69) is 0 Å². The SMILES string of the molecule is COCCN(CC(=O)N1N=C(c2ccccc2Cl)CC1c1ccc2c(c1)OCO2)C(=O)C1CCCC1. The number of hydrogen-bond acceptors (Lipinski definition) is 6. The molecule has 0 aromatic heterocycles. The van der Waals surface area contributed by atoms with Crippen LogP contribution in [0.1, 0.15) is 49.3 Å². The van der Waals surface area contributed by atoms with Crippen LogP contribution in [0.4, 0.5) is 0 Å². The van der Waals surface area contributed by atoms with Crippen molar-refractivity contribution < 1.29 is 23.8 Å². The second-order valence-electron chi connectivity index (χ2n) is 9.33. The molecule has 3 aliphatic rings. The Morgan fingerprint density at radius 1 is 1.14 bits per heavy atom. The van der Waals surface area contributed by atoms with Crippen LogP contribution in [0, 0.1) is 5.92 Å². The van der Waals surface area contributed by atoms with Gasteiger partial charge in [-0.05, 0) is 36.6 Å². The van der Waals surface area contributed by atoms with Crippen molar-refractivity contribution in [2.75, 3.05) is 33.6 Å². The molecule has 1 fully saturated rings. The number of ether oxygens (including phenoxy) is 3. The van der Waals surface area contributed by atoms with Gasteiger partial charge in [-0.2, -0.15) is 5.10 Å². The number of hydrazone groups is 1. The molecule has 9 heteroatoms. The van der Waals surface area contributed by atoms with Crippen LogP contribution in [0.25, 0.3) is 0 Å². The molecule has 8 nitrogen and oxygen atoms in total. The third-order valence-corrected chi connectivity index (χ3v) is 7.37. The van der Waals surface area contributed by atoms with Crippen molar-refractivity contribution in [3.05, 3.63) is 58.6 Å². The molecule has 190 valence electrons. The summed E-state index contributed by atoms with van der Waals surface area (Å²) in [6.07, 6.45) is 4.33. The van der Waals surface area contributed by atoms with Gasteiger partial charge < -0.3 is 19.1 Å². The number of rotatable bonds is 8. The fourth-order valence-electron chi connectivity index (χ4n) is 5.11. The van der Waals surface area contributed by atoms with Gasteiger partial charge in [0.15, 0.2) is 11.5 Å². The topological polar surface area (TPSA) is 80.7 Å². The van der Waals surface area contributed by atoms with Crippen LogP contribution in [0.2, 0.25) is 5.02 Å². The summed E-state index contributed by atoms with van der Waals surface area (Å²) in [5.74, 6) is 1.06. The van der Waals surface area contributed by atoms with Crippen LogP contribution >= 0.6 is 11.6 Å². The number of hydrogen-bond donors (Lipinski definition) is 0. The Hall–Kier alpha value is -3.10. The molecule has 2 amide bonds. The summed E-state index contributed by atoms with van der Waals surface area (Å²) in [5.41, 5.74) is 2.39. The highest BCUT2D eigenvalue weighted by Crippen LogP contribution is 2.40. The summed E-state index contributed by atoms with van der Waals surface area (Å²) >= 11 is 6.47. The van der Waals surface area contributed by atoms with Gasteiger partial charge in [0.2, 0.25) is 12.7 Å². The molecule has 2 aliphatic heterocycles. The van der Waals surface area contributed by atoms with E-state index in [1.54, 1.807) is 12.0 Å². The summed E-state index contributed by atoms with van der Waals surface area (Å²) in [7, 11) is 1.59. The van der Waals surface area contributed by atoms with Gasteiger partial charge in [0.25, 0.3) is 5.91 Å². The molecular formula is C27H30ClN3O5. The second kappa shape index (κ2) is 10.9. The van der Waals surface area contributed by atoms with Gasteiger partial charge in [0, 0.05) is 36.6 Å². The molecule has 36 heavy (non-hydrogen) atoms. The summed E-state index contributed by atoms with van der Waals surface area (Å²) < 4.78 is 16.3. The molecule has 0 radical (unpaired) electrons. The molecule has 0 spiro atoms. The van der Waals surface area contributed by atoms with Crippen molar-refractivity contribution in [1.82, 2.24) is 9.91 Å². The average molecular weight is 512 g/mol. The van der Waals surface area contributed by atoms with E-state index in [1.165, 1.54) is 5.01 Å². The molecule has 2 heterocycles. The third-order valence-electron chi connectivity index (χ3n) is 7.04. The number of benzene rings is 2. The van der Waals surface area contributed by atoms with Crippen molar-refractivity contribution in [2.45, 2.75) is 38.1 Å². The number of amides is 2. The third kappa shape index (κ3) is 5.06. The first-order chi connectivity index (χ1) is 17.5. The summed E-state index contributed by atoms with van der Waals surface area (Å²) in [6.45, 7) is 0.844. The monoisotopic (exact) mass is 511 g/mol. The zero-order chi connectivity index (χ0) is 25.1. The Balaban J connectivity index is 1.43. The van der Waals surface area contributed by atoms with Crippen molar-refractivity contribution >= 4 is 29.1 Å². The number of nitrogens with zero attached hydrogens (tertiary/aromatic N) is 3. The number of methoxy groups -OCH3 is 1. The fourth-order valence-corrected chi connectivity index (χ4v) is 5.36. The number of fused-ring (bicyclic) bond motifs is 1. The van der Waals surface area contributed by atoms with E-state index in [-0.39, 0.29) is 37.1 Å². The van der Waals surface area contributed by atoms with E-state index in [4.69, 9.17) is 30.9 Å². The van der Waals surface area contributed by atoms with E-state index < -0.39 is 0 Å². The maximum atomic E-state index is 13.7. The van der Waals surface area contributed by atoms with Gasteiger partial charge in [-0.25, -0.2) is 5.01 Å². The van der Waals surface area contributed by atoms with E-state index in [0.29, 0.717) is 36.1 Å². The Labute approximate surface area is 215 Å². The predicted octanol–water partition coefficient (Wildman–Crippen LogP) is 4.41. The molecule has 5 rings (SSSR count). The minimum atomic E-state index is -0.357. The second-order valence-corrected chi connectivity index (χ2v) is 9.74.